The van der Waals surface area contributed by atoms with E-state index in [0.717, 1.165) is 100 Å². The van der Waals surface area contributed by atoms with Gasteiger partial charge >= 0.3 is 0 Å². The number of hydrogen-bond acceptors (Lipinski definition) is 0. The molecule has 0 aliphatic heterocycles. The summed E-state index contributed by atoms with van der Waals surface area (Å²) < 4.78 is 0. The maximum Gasteiger partial charge on any atom is 0.0249 e. The van der Waals surface area contributed by atoms with Crippen LogP contribution in [0.15, 0.2) is 182 Å². The SMILES string of the molecule is CC#Cc1ccc(-c2cc(-c3ccc(C#CC)cc3)cc(-c3ccc(C#Cc4ccc(-c5cc(-c6ccc(C#CC)cc6)cc(-c6ccc(C#CC)cc6)c5)cc4)cc3)c2)cc1. The molecule has 0 unspecified atom stereocenters. The molecular weight excluding hydrogens is 745 g/mol. The summed E-state index contributed by atoms with van der Waals surface area (Å²) in [5.41, 5.74) is 19.6. The Morgan fingerprint density at radius 2 is 0.323 bits per heavy atom. The topological polar surface area (TPSA) is 0 Å². The van der Waals surface area contributed by atoms with Crippen LogP contribution >= 0.6 is 0 Å². The highest BCUT2D eigenvalue weighted by Gasteiger charge is 2.10. The molecule has 8 aromatic carbocycles. The van der Waals surface area contributed by atoms with Crippen molar-refractivity contribution in [2.45, 2.75) is 27.7 Å². The monoisotopic (exact) mass is 786 g/mol. The van der Waals surface area contributed by atoms with E-state index in [0.29, 0.717) is 0 Å². The molecule has 0 saturated carbocycles. The molecule has 0 heteroatoms. The predicted octanol–water partition coefficient (Wildman–Crippen LogP) is 14.6. The lowest BCUT2D eigenvalue weighted by Crippen LogP contribution is -1.88. The van der Waals surface area contributed by atoms with Crippen molar-refractivity contribution in [2.75, 3.05) is 0 Å². The van der Waals surface area contributed by atoms with Crippen LogP contribution in [-0.2, 0) is 0 Å². The summed E-state index contributed by atoms with van der Waals surface area (Å²) in [6.07, 6.45) is 0. The van der Waals surface area contributed by atoms with Crippen molar-refractivity contribution >= 4 is 0 Å². The van der Waals surface area contributed by atoms with Gasteiger partial charge in [0.25, 0.3) is 0 Å². The average Bonchev–Trinajstić information content (AvgIpc) is 3.32. The van der Waals surface area contributed by atoms with Crippen LogP contribution in [0.1, 0.15) is 61.1 Å². The molecule has 8 aromatic rings. The van der Waals surface area contributed by atoms with Gasteiger partial charge in [0, 0.05) is 33.4 Å². The van der Waals surface area contributed by atoms with Gasteiger partial charge in [0.05, 0.1) is 0 Å². The van der Waals surface area contributed by atoms with Crippen molar-refractivity contribution in [1.82, 2.24) is 0 Å². The van der Waals surface area contributed by atoms with E-state index in [1.54, 1.807) is 0 Å². The molecule has 62 heavy (non-hydrogen) atoms. The minimum absolute atomic E-state index is 0.957. The lowest BCUT2D eigenvalue weighted by molar-refractivity contribution is 1.54. The first-order valence-corrected chi connectivity index (χ1v) is 20.6. The van der Waals surface area contributed by atoms with E-state index in [9.17, 15) is 0 Å². The molecule has 0 amide bonds. The third-order valence-electron chi connectivity index (χ3n) is 10.6. The van der Waals surface area contributed by atoms with Gasteiger partial charge in [0.15, 0.2) is 0 Å². The molecule has 290 valence electrons. The van der Waals surface area contributed by atoms with Crippen molar-refractivity contribution in [1.29, 1.82) is 0 Å². The van der Waals surface area contributed by atoms with E-state index < -0.39 is 0 Å². The standard InChI is InChI=1S/C62H42/c1-5-9-45-15-27-51(28-16-45)57-39-58(52-29-17-46(10-6-2)18-30-52)42-61(41-57)55-35-23-49(24-36-55)13-14-50-25-37-56(38-26-50)62-43-59(53-31-19-47(11-7-3)20-32-53)40-60(44-62)54-33-21-48(12-8-4)22-34-54/h15-44H,1-4H3. The largest absolute Gasteiger partial charge is 0.101 e. The van der Waals surface area contributed by atoms with Crippen LogP contribution in [0.2, 0.25) is 0 Å². The molecule has 0 bridgehead atoms. The summed E-state index contributed by atoms with van der Waals surface area (Å²) in [4.78, 5) is 0. The van der Waals surface area contributed by atoms with Crippen LogP contribution < -0.4 is 0 Å². The lowest BCUT2D eigenvalue weighted by atomic mass is 9.92. The van der Waals surface area contributed by atoms with Crippen LogP contribution in [0.3, 0.4) is 0 Å². The Morgan fingerprint density at radius 1 is 0.177 bits per heavy atom. The van der Waals surface area contributed by atoms with Gasteiger partial charge in [-0.1, -0.05) is 108 Å². The minimum atomic E-state index is 0.957. The number of benzene rings is 8. The number of rotatable bonds is 6. The zero-order chi connectivity index (χ0) is 42.7. The zero-order valence-electron chi connectivity index (χ0n) is 35.3. The molecule has 0 heterocycles. The molecule has 0 aromatic heterocycles. The van der Waals surface area contributed by atoms with E-state index in [2.05, 4.69) is 241 Å². The Hall–Kier alpha value is -8.44. The first kappa shape index (κ1) is 40.3. The Kier molecular flexibility index (Phi) is 12.4. The summed E-state index contributed by atoms with van der Waals surface area (Å²) in [6.45, 7) is 7.45. The molecule has 0 aliphatic rings. The Morgan fingerprint density at radius 3 is 0.468 bits per heavy atom. The van der Waals surface area contributed by atoms with E-state index >= 15 is 0 Å². The van der Waals surface area contributed by atoms with E-state index in [-0.39, 0.29) is 0 Å². The molecule has 0 N–H and O–H groups in total. The van der Waals surface area contributed by atoms with E-state index in [1.807, 2.05) is 27.7 Å². The smallest absolute Gasteiger partial charge is 0.0249 e. The summed E-state index contributed by atoms with van der Waals surface area (Å²) >= 11 is 0. The Labute approximate surface area is 367 Å². The highest BCUT2D eigenvalue weighted by Crippen LogP contribution is 2.35. The third-order valence-corrected chi connectivity index (χ3v) is 10.6. The highest BCUT2D eigenvalue weighted by molar-refractivity contribution is 5.83. The van der Waals surface area contributed by atoms with Crippen molar-refractivity contribution < 1.29 is 0 Å². The Bertz CT molecular complexity index is 2820. The summed E-state index contributed by atoms with van der Waals surface area (Å²) in [7, 11) is 0. The fourth-order valence-electron chi connectivity index (χ4n) is 7.45. The van der Waals surface area contributed by atoms with Crippen molar-refractivity contribution in [3.8, 4) is 126 Å². The maximum absolute atomic E-state index is 3.40. The van der Waals surface area contributed by atoms with E-state index in [1.165, 1.54) is 0 Å². The first-order chi connectivity index (χ1) is 30.5. The van der Waals surface area contributed by atoms with Gasteiger partial charge in [0.1, 0.15) is 0 Å². The van der Waals surface area contributed by atoms with Crippen LogP contribution in [0.4, 0.5) is 0 Å². The second kappa shape index (κ2) is 19.1. The molecule has 0 aliphatic carbocycles. The second-order valence-electron chi connectivity index (χ2n) is 14.8. The van der Waals surface area contributed by atoms with Crippen molar-refractivity contribution in [2.24, 2.45) is 0 Å². The minimum Gasteiger partial charge on any atom is -0.101 e. The van der Waals surface area contributed by atoms with Crippen LogP contribution in [0.5, 0.6) is 0 Å². The van der Waals surface area contributed by atoms with Crippen molar-refractivity contribution in [3.05, 3.63) is 215 Å². The Balaban J connectivity index is 1.06. The number of hydrogen-bond donors (Lipinski definition) is 0. The second-order valence-corrected chi connectivity index (χ2v) is 14.8. The molecule has 8 rings (SSSR count). The van der Waals surface area contributed by atoms with Crippen LogP contribution in [0, 0.1) is 59.2 Å². The van der Waals surface area contributed by atoms with Crippen molar-refractivity contribution in [3.63, 3.8) is 0 Å². The predicted molar refractivity (Wildman–Crippen MR) is 262 cm³/mol. The first-order valence-electron chi connectivity index (χ1n) is 20.6. The molecule has 0 radical (unpaired) electrons. The normalized spacial score (nSPS) is 9.94. The maximum atomic E-state index is 3.40. The molecule has 0 saturated heterocycles. The van der Waals surface area contributed by atoms with Gasteiger partial charge in [-0.05, 0) is 204 Å². The van der Waals surface area contributed by atoms with Gasteiger partial charge in [0.2, 0.25) is 0 Å². The third kappa shape index (κ3) is 9.70. The van der Waals surface area contributed by atoms with E-state index in [4.69, 9.17) is 0 Å². The van der Waals surface area contributed by atoms with Crippen LogP contribution in [-0.4, -0.2) is 0 Å². The molecule has 0 atom stereocenters. The summed E-state index contributed by atoms with van der Waals surface area (Å²) in [5, 5.41) is 0. The molecule has 0 nitrogen and oxygen atoms in total. The molecule has 0 spiro atoms. The van der Waals surface area contributed by atoms with Gasteiger partial charge in [-0.25, -0.2) is 0 Å². The summed E-state index contributed by atoms with van der Waals surface area (Å²) in [6, 6.07) is 64.5. The van der Waals surface area contributed by atoms with Gasteiger partial charge in [-0.3, -0.25) is 0 Å². The average molecular weight is 787 g/mol. The fourth-order valence-corrected chi connectivity index (χ4v) is 7.45. The van der Waals surface area contributed by atoms with Crippen LogP contribution in [0.25, 0.3) is 66.8 Å². The quantitative estimate of drug-likeness (QED) is 0.147. The van der Waals surface area contributed by atoms with Gasteiger partial charge in [-0.15, -0.1) is 23.7 Å². The molecular formula is C62H42. The van der Waals surface area contributed by atoms with Gasteiger partial charge < -0.3 is 0 Å². The zero-order valence-corrected chi connectivity index (χ0v) is 35.3. The lowest BCUT2D eigenvalue weighted by Gasteiger charge is -2.12. The highest BCUT2D eigenvalue weighted by atomic mass is 14.1. The molecule has 0 fully saturated rings. The van der Waals surface area contributed by atoms with Gasteiger partial charge in [-0.2, -0.15) is 0 Å². The summed E-state index contributed by atoms with van der Waals surface area (Å²) in [5.74, 6) is 31.4. The fraction of sp³-hybridized carbons (Fsp3) is 0.0645.